The Hall–Kier alpha value is -2.44. The van der Waals surface area contributed by atoms with Crippen LogP contribution in [-0.2, 0) is 17.8 Å². The minimum absolute atomic E-state index is 0.278. The zero-order chi connectivity index (χ0) is 21.6. The Bertz CT molecular complexity index is 1230. The Morgan fingerprint density at radius 2 is 2.07 bits per heavy atom. The van der Waals surface area contributed by atoms with Gasteiger partial charge in [0.25, 0.3) is 5.56 Å². The Balaban J connectivity index is 1.76. The van der Waals surface area contributed by atoms with E-state index in [9.17, 15) is 19.5 Å². The molecule has 0 saturated carbocycles. The molecule has 0 amide bonds. The highest BCUT2D eigenvalue weighted by molar-refractivity contribution is 9.10. The Kier molecular flexibility index (Phi) is 5.55. The minimum atomic E-state index is -0.664. The molecule has 1 saturated heterocycles. The lowest BCUT2D eigenvalue weighted by Gasteiger charge is -2.37. The fourth-order valence-electron chi connectivity index (χ4n) is 3.24. The number of hydrogen-bond acceptors (Lipinski definition) is 8. The van der Waals surface area contributed by atoms with E-state index in [1.165, 1.54) is 13.0 Å². The van der Waals surface area contributed by atoms with Gasteiger partial charge >= 0.3 is 5.69 Å². The number of β-amino-alcohol motifs (C(OH)–C–C–N with tert-alkyl or cyclic N) is 1. The van der Waals surface area contributed by atoms with Crippen LogP contribution in [0.5, 0.6) is 0 Å². The number of aryl methyl sites for hydroxylation is 1. The molecule has 0 bridgehead atoms. The van der Waals surface area contributed by atoms with Gasteiger partial charge < -0.3 is 20.0 Å². The van der Waals surface area contributed by atoms with Crippen LogP contribution in [0.25, 0.3) is 11.0 Å². The van der Waals surface area contributed by atoms with Crippen LogP contribution in [0.3, 0.4) is 0 Å². The molecule has 0 unspecified atom stereocenters. The van der Waals surface area contributed by atoms with Crippen molar-refractivity contribution < 1.29 is 9.90 Å². The smallest absolute Gasteiger partial charge is 0.329 e. The summed E-state index contributed by atoms with van der Waals surface area (Å²) in [5.74, 6) is 0.380. The zero-order valence-corrected chi connectivity index (χ0v) is 18.6. The Labute approximate surface area is 182 Å². The first-order valence-corrected chi connectivity index (χ1v) is 10.9. The summed E-state index contributed by atoms with van der Waals surface area (Å²) >= 11 is 4.66. The first kappa shape index (κ1) is 20.8. The second-order valence-corrected chi connectivity index (χ2v) is 8.85. The maximum absolute atomic E-state index is 12.2. The highest BCUT2D eigenvalue weighted by Crippen LogP contribution is 2.37. The predicted octanol–water partition coefficient (Wildman–Crippen LogP) is 1.05. The summed E-state index contributed by atoms with van der Waals surface area (Å²) in [5, 5.41) is 11.2. The first-order valence-electron chi connectivity index (χ1n) is 9.29. The summed E-state index contributed by atoms with van der Waals surface area (Å²) in [7, 11) is 0. The van der Waals surface area contributed by atoms with Crippen LogP contribution in [0.2, 0.25) is 0 Å². The lowest BCUT2D eigenvalue weighted by molar-refractivity contribution is -0.117. The van der Waals surface area contributed by atoms with Crippen molar-refractivity contribution in [1.29, 1.82) is 0 Å². The van der Waals surface area contributed by atoms with Crippen molar-refractivity contribution in [3.8, 4) is 0 Å². The summed E-state index contributed by atoms with van der Waals surface area (Å²) in [6.07, 6.45) is 0.364. The number of aliphatic hydroxyl groups excluding tert-OH is 1. The number of nitrogens with one attached hydrogen (secondary N) is 2. The second kappa shape index (κ2) is 8.00. The van der Waals surface area contributed by atoms with Gasteiger partial charge in [-0.3, -0.25) is 14.2 Å². The monoisotopic (exact) mass is 494 g/mol. The van der Waals surface area contributed by atoms with Crippen LogP contribution in [-0.4, -0.2) is 54.6 Å². The molecule has 158 valence electrons. The van der Waals surface area contributed by atoms with E-state index in [0.29, 0.717) is 29.7 Å². The van der Waals surface area contributed by atoms with Gasteiger partial charge in [0, 0.05) is 24.8 Å². The van der Waals surface area contributed by atoms with E-state index in [2.05, 4.69) is 35.9 Å². The van der Waals surface area contributed by atoms with Crippen LogP contribution in [0, 0.1) is 0 Å². The molecule has 30 heavy (non-hydrogen) atoms. The fraction of sp³-hybridized carbons (Fsp3) is 0.389. The van der Waals surface area contributed by atoms with E-state index >= 15 is 0 Å². The number of Topliss-reactive ketones (excluding diaryl/α,β-unsaturated/α-hetero) is 1. The molecule has 1 aliphatic rings. The molecular formula is C18H19BrN6O4S. The van der Waals surface area contributed by atoms with E-state index in [0.717, 1.165) is 38.3 Å². The third-order valence-electron chi connectivity index (χ3n) is 4.72. The van der Waals surface area contributed by atoms with Crippen LogP contribution in [0.1, 0.15) is 19.5 Å². The molecule has 0 aliphatic carbocycles. The number of H-pyrrole nitrogens is 2. The number of ketones is 1. The maximum atomic E-state index is 12.2. The largest absolute Gasteiger partial charge is 0.389 e. The number of anilines is 1. The van der Waals surface area contributed by atoms with E-state index in [1.54, 1.807) is 0 Å². The summed E-state index contributed by atoms with van der Waals surface area (Å²) in [4.78, 5) is 52.7. The van der Waals surface area contributed by atoms with Crippen LogP contribution in [0.4, 0.5) is 5.82 Å². The molecule has 4 rings (SSSR count). The number of nitrogens with zero attached hydrogens (tertiary/aromatic N) is 4. The van der Waals surface area contributed by atoms with E-state index in [-0.39, 0.29) is 17.4 Å². The predicted molar refractivity (Wildman–Crippen MR) is 115 cm³/mol. The van der Waals surface area contributed by atoms with Gasteiger partial charge in [0.2, 0.25) is 0 Å². The fourth-order valence-corrected chi connectivity index (χ4v) is 4.75. The number of aromatic nitrogens is 5. The van der Waals surface area contributed by atoms with E-state index in [4.69, 9.17) is 0 Å². The molecule has 3 aromatic heterocycles. The molecule has 3 aromatic rings. The highest BCUT2D eigenvalue weighted by Gasteiger charge is 2.29. The zero-order valence-electron chi connectivity index (χ0n) is 16.2. The quantitative estimate of drug-likeness (QED) is 0.341. The van der Waals surface area contributed by atoms with Crippen molar-refractivity contribution >= 4 is 50.3 Å². The van der Waals surface area contributed by atoms with Crippen LogP contribution in [0.15, 0.2) is 30.3 Å². The topological polar surface area (TPSA) is 137 Å². The van der Waals surface area contributed by atoms with Gasteiger partial charge in [-0.2, -0.15) is 0 Å². The number of rotatable bonds is 6. The minimum Gasteiger partial charge on any atom is -0.389 e. The molecular weight excluding hydrogens is 476 g/mol. The SMILES string of the molecule is CCc1[nH]c2nc(Sc3cc(=O)n(CC(C)=O)c(=O)[nH]3)nc(N3CC(O)C3)c2c1Br. The molecule has 10 nitrogen and oxygen atoms in total. The third-order valence-corrected chi connectivity index (χ3v) is 6.40. The van der Waals surface area contributed by atoms with Gasteiger partial charge in [0.1, 0.15) is 17.2 Å². The summed E-state index contributed by atoms with van der Waals surface area (Å²) in [5.41, 5.74) is 0.367. The van der Waals surface area contributed by atoms with Gasteiger partial charge in [-0.15, -0.1) is 0 Å². The molecule has 0 atom stereocenters. The second-order valence-electron chi connectivity index (χ2n) is 7.05. The maximum Gasteiger partial charge on any atom is 0.329 e. The van der Waals surface area contributed by atoms with E-state index < -0.39 is 17.4 Å². The first-order chi connectivity index (χ1) is 14.3. The Morgan fingerprint density at radius 1 is 1.33 bits per heavy atom. The lowest BCUT2D eigenvalue weighted by Crippen LogP contribution is -2.51. The summed E-state index contributed by atoms with van der Waals surface area (Å²) < 4.78 is 1.73. The van der Waals surface area contributed by atoms with Gasteiger partial charge in [0.15, 0.2) is 5.16 Å². The lowest BCUT2D eigenvalue weighted by atomic mass is 10.1. The van der Waals surface area contributed by atoms with Crippen molar-refractivity contribution in [3.63, 3.8) is 0 Å². The third kappa shape index (κ3) is 3.82. The molecule has 4 heterocycles. The van der Waals surface area contributed by atoms with Gasteiger partial charge in [-0.05, 0) is 41.0 Å². The number of carbonyl (C=O) groups excluding carboxylic acids is 1. The van der Waals surface area contributed by atoms with Crippen molar-refractivity contribution in [2.45, 2.75) is 43.1 Å². The normalized spacial score (nSPS) is 14.3. The number of carbonyl (C=O) groups is 1. The number of halogens is 1. The summed E-state index contributed by atoms with van der Waals surface area (Å²) in [6.45, 7) is 3.98. The van der Waals surface area contributed by atoms with E-state index in [1.807, 2.05) is 11.8 Å². The molecule has 0 radical (unpaired) electrons. The number of aromatic amines is 2. The van der Waals surface area contributed by atoms with Crippen LogP contribution >= 0.6 is 27.7 Å². The van der Waals surface area contributed by atoms with Gasteiger partial charge in [-0.1, -0.05) is 6.92 Å². The molecule has 1 fully saturated rings. The number of fused-ring (bicyclic) bond motifs is 1. The molecule has 0 aromatic carbocycles. The average molecular weight is 495 g/mol. The van der Waals surface area contributed by atoms with Crippen molar-refractivity contribution in [3.05, 3.63) is 37.1 Å². The average Bonchev–Trinajstić information content (AvgIpc) is 2.97. The van der Waals surface area contributed by atoms with Crippen molar-refractivity contribution in [2.75, 3.05) is 18.0 Å². The van der Waals surface area contributed by atoms with Gasteiger partial charge in [0.05, 0.1) is 27.5 Å². The standard InChI is InChI=1S/C18H19BrN6O4S/c1-3-10-14(19)13-15(20-10)22-17(23-16(13)24-6-9(27)7-24)30-11-4-12(28)25(5-8(2)26)18(29)21-11/h4,9,27H,3,5-7H2,1-2H3,(H,21,29)(H,20,22,23). The molecule has 0 spiro atoms. The van der Waals surface area contributed by atoms with Crippen LogP contribution < -0.4 is 16.1 Å². The molecule has 12 heteroatoms. The number of hydrogen-bond donors (Lipinski definition) is 3. The van der Waals surface area contributed by atoms with Crippen molar-refractivity contribution in [2.24, 2.45) is 0 Å². The number of aliphatic hydroxyl groups is 1. The molecule has 3 N–H and O–H groups in total. The van der Waals surface area contributed by atoms with Gasteiger partial charge in [-0.25, -0.2) is 14.8 Å². The summed E-state index contributed by atoms with van der Waals surface area (Å²) in [6, 6.07) is 1.25. The Morgan fingerprint density at radius 3 is 2.67 bits per heavy atom. The molecule has 1 aliphatic heterocycles. The highest BCUT2D eigenvalue weighted by atomic mass is 79.9. The van der Waals surface area contributed by atoms with Crippen molar-refractivity contribution in [1.82, 2.24) is 24.5 Å².